The first-order valence-corrected chi connectivity index (χ1v) is 15.4. The molecule has 1 N–H and O–H groups in total. The molecule has 11 heteroatoms. The predicted molar refractivity (Wildman–Crippen MR) is 154 cm³/mol. The van der Waals surface area contributed by atoms with Crippen LogP contribution in [0.4, 0.5) is 0 Å². The molecule has 6 rings (SSSR count). The number of allylic oxidation sites excluding steroid dienone is 4. The van der Waals surface area contributed by atoms with Gasteiger partial charge in [-0.25, -0.2) is 4.79 Å². The second kappa shape index (κ2) is 11.2. The molecule has 11 nitrogen and oxygen atoms in total. The third kappa shape index (κ3) is 4.71. The highest BCUT2D eigenvalue weighted by atomic mass is 16.9. The summed E-state index contributed by atoms with van der Waals surface area (Å²) in [6.45, 7) is 5.37. The standard InChI is InChI=1S/C33H39NO10/c1-4-5-28-43-27-15-24-23-11-10-21-14-22(35)12-13-31(21,2)29(23)25(36)16-32(24,3)33(27,44-28)26(37)18-41-30(38)20-8-6-19(7-9-20)17-42-34(39)40/h6-9,12-14,23-25,27-29,36H,4-5,10-11,15-18H2,1-3H3/t23?,24?,25-,27-,28?,29?,31-,32-,33+/m0/s1. The number of ether oxygens (including phenoxy) is 3. The largest absolute Gasteiger partial charge is 0.454 e. The Bertz CT molecular complexity index is 1420. The van der Waals surface area contributed by atoms with Gasteiger partial charge in [-0.3, -0.25) is 9.59 Å². The minimum absolute atomic E-state index is 0.0152. The van der Waals surface area contributed by atoms with Gasteiger partial charge in [0.05, 0.1) is 17.8 Å². The van der Waals surface area contributed by atoms with E-state index in [0.29, 0.717) is 24.8 Å². The quantitative estimate of drug-likeness (QED) is 0.244. The summed E-state index contributed by atoms with van der Waals surface area (Å²) in [6.07, 6.45) is 7.26. The first-order valence-electron chi connectivity index (χ1n) is 15.4. The first-order chi connectivity index (χ1) is 20.9. The Balaban J connectivity index is 1.24. The van der Waals surface area contributed by atoms with Crippen LogP contribution in [0.5, 0.6) is 0 Å². The van der Waals surface area contributed by atoms with Gasteiger partial charge in [0.15, 0.2) is 24.3 Å². The van der Waals surface area contributed by atoms with E-state index >= 15 is 0 Å². The van der Waals surface area contributed by atoms with Crippen molar-refractivity contribution < 1.29 is 43.6 Å². The molecule has 0 bridgehead atoms. The zero-order valence-corrected chi connectivity index (χ0v) is 25.2. The maximum Gasteiger partial charge on any atom is 0.338 e. The number of fused-ring (bicyclic) bond motifs is 7. The summed E-state index contributed by atoms with van der Waals surface area (Å²) in [5, 5.41) is 21.4. The molecule has 1 aliphatic heterocycles. The van der Waals surface area contributed by atoms with E-state index in [1.165, 1.54) is 24.3 Å². The third-order valence-electron chi connectivity index (χ3n) is 11.1. The van der Waals surface area contributed by atoms with E-state index in [4.69, 9.17) is 14.2 Å². The van der Waals surface area contributed by atoms with Crippen molar-refractivity contribution in [3.8, 4) is 0 Å². The van der Waals surface area contributed by atoms with Crippen LogP contribution in [-0.4, -0.2) is 58.4 Å². The van der Waals surface area contributed by atoms with E-state index < -0.39 is 52.6 Å². The van der Waals surface area contributed by atoms with Crippen LogP contribution in [-0.2, 0) is 35.2 Å². The normalized spacial score (nSPS) is 38.5. The molecule has 0 radical (unpaired) electrons. The summed E-state index contributed by atoms with van der Waals surface area (Å²) in [5.74, 6) is -1.13. The van der Waals surface area contributed by atoms with E-state index in [-0.39, 0.29) is 41.5 Å². The van der Waals surface area contributed by atoms with Crippen LogP contribution in [0.25, 0.3) is 0 Å². The van der Waals surface area contributed by atoms with Gasteiger partial charge < -0.3 is 24.2 Å². The summed E-state index contributed by atoms with van der Waals surface area (Å²) in [7, 11) is 0. The van der Waals surface area contributed by atoms with Crippen LogP contribution in [0.1, 0.15) is 75.2 Å². The van der Waals surface area contributed by atoms with Crippen molar-refractivity contribution in [1.82, 2.24) is 0 Å². The fourth-order valence-electron chi connectivity index (χ4n) is 9.19. The van der Waals surface area contributed by atoms with Gasteiger partial charge in [-0.05, 0) is 73.8 Å². The highest BCUT2D eigenvalue weighted by Gasteiger charge is 2.75. The molecule has 3 saturated carbocycles. The molecule has 0 aromatic heterocycles. The molecule has 9 atom stereocenters. The second-order valence-electron chi connectivity index (χ2n) is 13.3. The molecule has 4 fully saturated rings. The molecule has 4 aliphatic carbocycles. The van der Waals surface area contributed by atoms with Crippen molar-refractivity contribution in [2.75, 3.05) is 6.61 Å². The van der Waals surface area contributed by atoms with Crippen LogP contribution in [0.3, 0.4) is 0 Å². The molecule has 1 heterocycles. The van der Waals surface area contributed by atoms with E-state index in [1.54, 1.807) is 12.2 Å². The third-order valence-corrected chi connectivity index (χ3v) is 11.1. The average Bonchev–Trinajstić information content (AvgIpc) is 3.47. The van der Waals surface area contributed by atoms with Crippen LogP contribution in [0.2, 0.25) is 0 Å². The zero-order valence-electron chi connectivity index (χ0n) is 25.2. The predicted octanol–water partition coefficient (Wildman–Crippen LogP) is 4.29. The van der Waals surface area contributed by atoms with E-state index in [0.717, 1.165) is 24.8 Å². The van der Waals surface area contributed by atoms with Gasteiger partial charge in [-0.1, -0.05) is 51.0 Å². The van der Waals surface area contributed by atoms with Crippen LogP contribution >= 0.6 is 0 Å². The average molecular weight is 610 g/mol. The summed E-state index contributed by atoms with van der Waals surface area (Å²) >= 11 is 0. The van der Waals surface area contributed by atoms with Gasteiger partial charge in [-0.15, -0.1) is 10.1 Å². The highest BCUT2D eigenvalue weighted by molar-refractivity contribution is 6.01. The number of carbonyl (C=O) groups is 3. The van der Waals surface area contributed by atoms with Gasteiger partial charge in [0.2, 0.25) is 5.78 Å². The summed E-state index contributed by atoms with van der Waals surface area (Å²) in [6, 6.07) is 5.96. The summed E-state index contributed by atoms with van der Waals surface area (Å²) in [4.78, 5) is 54.2. The Kier molecular flexibility index (Phi) is 7.78. The Morgan fingerprint density at radius 1 is 1.20 bits per heavy atom. The van der Waals surface area contributed by atoms with Gasteiger partial charge in [-0.2, -0.15) is 0 Å². The minimum atomic E-state index is -1.39. The van der Waals surface area contributed by atoms with Crippen molar-refractivity contribution in [2.24, 2.45) is 28.6 Å². The lowest BCUT2D eigenvalue weighted by atomic mass is 9.46. The van der Waals surface area contributed by atoms with E-state index in [1.807, 2.05) is 19.9 Å². The SMILES string of the molecule is CCCC1O[C@H]2CC3C4CCC5=CC(=O)C=C[C@]5(C)C4[C@@H](O)C[C@]3(C)[C@]2(C(=O)COC(=O)c2ccc(CO[N+](=O)[O-])cc2)O1. The fraction of sp³-hybridized carbons (Fsp3) is 0.606. The number of rotatable bonds is 9. The summed E-state index contributed by atoms with van der Waals surface area (Å²) < 4.78 is 18.5. The molecule has 236 valence electrons. The topological polar surface area (TPSA) is 152 Å². The number of nitrogens with zero attached hydrogens (tertiary/aromatic N) is 1. The fourth-order valence-corrected chi connectivity index (χ4v) is 9.19. The molecule has 4 unspecified atom stereocenters. The van der Waals surface area contributed by atoms with Gasteiger partial charge >= 0.3 is 5.97 Å². The second-order valence-corrected chi connectivity index (χ2v) is 13.3. The molecule has 5 aliphatic rings. The number of hydrogen-bond acceptors (Lipinski definition) is 10. The lowest BCUT2D eigenvalue weighted by Gasteiger charge is -2.59. The molecule has 1 aromatic carbocycles. The Morgan fingerprint density at radius 3 is 2.66 bits per heavy atom. The molecular formula is C33H39NO10. The van der Waals surface area contributed by atoms with Gasteiger partial charge in [0, 0.05) is 16.7 Å². The molecule has 1 aromatic rings. The lowest BCUT2D eigenvalue weighted by molar-refractivity contribution is -0.763. The van der Waals surface area contributed by atoms with Crippen LogP contribution < -0.4 is 0 Å². The molecule has 0 spiro atoms. The lowest BCUT2D eigenvalue weighted by Crippen LogP contribution is -2.63. The number of aliphatic hydroxyl groups excluding tert-OH is 1. The van der Waals surface area contributed by atoms with Crippen LogP contribution in [0, 0.1) is 38.7 Å². The maximum absolute atomic E-state index is 14.3. The van der Waals surface area contributed by atoms with Crippen molar-refractivity contribution in [3.05, 3.63) is 69.3 Å². The van der Waals surface area contributed by atoms with Crippen molar-refractivity contribution in [1.29, 1.82) is 0 Å². The number of Topliss-reactive ketones (excluding diaryl/α,β-unsaturated/α-hetero) is 1. The smallest absolute Gasteiger partial charge is 0.338 e. The van der Waals surface area contributed by atoms with Crippen LogP contribution in [0.15, 0.2) is 48.1 Å². The Hall–Kier alpha value is -3.41. The molecular weight excluding hydrogens is 570 g/mol. The Morgan fingerprint density at radius 2 is 1.95 bits per heavy atom. The number of ketones is 2. The number of esters is 1. The van der Waals surface area contributed by atoms with Gasteiger partial charge in [0.1, 0.15) is 6.61 Å². The first kappa shape index (κ1) is 30.6. The van der Waals surface area contributed by atoms with Crippen molar-refractivity contribution >= 4 is 17.5 Å². The van der Waals surface area contributed by atoms with Crippen molar-refractivity contribution in [3.63, 3.8) is 0 Å². The van der Waals surface area contributed by atoms with Gasteiger partial charge in [0.25, 0.3) is 5.09 Å². The Labute approximate surface area is 255 Å². The number of benzene rings is 1. The number of hydrogen-bond donors (Lipinski definition) is 1. The zero-order chi connectivity index (χ0) is 31.4. The highest BCUT2D eigenvalue weighted by Crippen LogP contribution is 2.69. The maximum atomic E-state index is 14.3. The number of carbonyl (C=O) groups excluding carboxylic acids is 3. The monoisotopic (exact) mass is 609 g/mol. The molecule has 1 saturated heterocycles. The van der Waals surface area contributed by atoms with E-state index in [2.05, 4.69) is 11.8 Å². The minimum Gasteiger partial charge on any atom is -0.454 e. The molecule has 0 amide bonds. The number of aliphatic hydroxyl groups is 1. The summed E-state index contributed by atoms with van der Waals surface area (Å²) in [5.41, 5.74) is -0.854. The molecule has 44 heavy (non-hydrogen) atoms. The van der Waals surface area contributed by atoms with Crippen molar-refractivity contribution in [2.45, 2.75) is 90.0 Å². The van der Waals surface area contributed by atoms with E-state index in [9.17, 15) is 29.6 Å².